The number of hydrogen-bond acceptors (Lipinski definition) is 3. The molecule has 0 aliphatic heterocycles. The van der Waals surface area contributed by atoms with Crippen LogP contribution < -0.4 is 5.32 Å². The van der Waals surface area contributed by atoms with E-state index < -0.39 is 0 Å². The topological polar surface area (TPSA) is 56.1 Å². The first kappa shape index (κ1) is 17.7. The van der Waals surface area contributed by atoms with E-state index in [2.05, 4.69) is 11.4 Å². The Morgan fingerprint density at radius 3 is 2.54 bits per heavy atom. The first-order valence-corrected chi connectivity index (χ1v) is 8.17. The molecule has 124 valence electrons. The molecular formula is C20H23N3O. The lowest BCUT2D eigenvalue weighted by atomic mass is 9.99. The van der Waals surface area contributed by atoms with Gasteiger partial charge >= 0.3 is 0 Å². The van der Waals surface area contributed by atoms with E-state index in [-0.39, 0.29) is 5.91 Å². The van der Waals surface area contributed by atoms with Gasteiger partial charge in [0.05, 0.1) is 18.2 Å². The molecule has 2 rings (SSSR count). The van der Waals surface area contributed by atoms with Gasteiger partial charge in [-0.05, 0) is 36.2 Å². The second-order valence-corrected chi connectivity index (χ2v) is 5.88. The maximum Gasteiger partial charge on any atom is 0.234 e. The predicted molar refractivity (Wildman–Crippen MR) is 96.2 cm³/mol. The first-order valence-electron chi connectivity index (χ1n) is 8.17. The van der Waals surface area contributed by atoms with Gasteiger partial charge in [0.2, 0.25) is 5.91 Å². The molecule has 24 heavy (non-hydrogen) atoms. The summed E-state index contributed by atoms with van der Waals surface area (Å²) in [6.45, 7) is 3.86. The number of likely N-dealkylation sites (N-methyl/N-ethyl adjacent to an activating group) is 1. The maximum absolute atomic E-state index is 11.7. The molecule has 0 aliphatic carbocycles. The monoisotopic (exact) mass is 321 g/mol. The lowest BCUT2D eigenvalue weighted by Gasteiger charge is -2.16. The van der Waals surface area contributed by atoms with E-state index in [1.807, 2.05) is 67.4 Å². The fourth-order valence-corrected chi connectivity index (χ4v) is 2.56. The Morgan fingerprint density at radius 2 is 1.88 bits per heavy atom. The molecule has 0 atom stereocenters. The molecule has 0 bridgehead atoms. The van der Waals surface area contributed by atoms with Crippen LogP contribution in [0.15, 0.2) is 48.5 Å². The summed E-state index contributed by atoms with van der Waals surface area (Å²) in [5.41, 5.74) is 3.78. The van der Waals surface area contributed by atoms with Crippen LogP contribution in [0.25, 0.3) is 11.1 Å². The van der Waals surface area contributed by atoms with Crippen molar-refractivity contribution in [2.24, 2.45) is 0 Å². The zero-order chi connectivity index (χ0) is 17.4. The van der Waals surface area contributed by atoms with Crippen molar-refractivity contribution in [3.05, 3.63) is 59.7 Å². The summed E-state index contributed by atoms with van der Waals surface area (Å²) in [6.07, 6.45) is 0.946. The van der Waals surface area contributed by atoms with Crippen molar-refractivity contribution in [1.29, 1.82) is 5.26 Å². The second-order valence-electron chi connectivity index (χ2n) is 5.88. The summed E-state index contributed by atoms with van der Waals surface area (Å²) in [5.74, 6) is 0.0546. The Labute approximate surface area is 143 Å². The highest BCUT2D eigenvalue weighted by molar-refractivity contribution is 5.77. The predicted octanol–water partition coefficient (Wildman–Crippen LogP) is 3.18. The van der Waals surface area contributed by atoms with Crippen molar-refractivity contribution in [2.75, 3.05) is 20.1 Å². The van der Waals surface area contributed by atoms with Crippen molar-refractivity contribution in [3.8, 4) is 17.2 Å². The van der Waals surface area contributed by atoms with E-state index >= 15 is 0 Å². The maximum atomic E-state index is 11.7. The molecule has 0 saturated carbocycles. The van der Waals surface area contributed by atoms with Crippen LogP contribution in [0, 0.1) is 11.3 Å². The van der Waals surface area contributed by atoms with Crippen molar-refractivity contribution in [1.82, 2.24) is 10.2 Å². The number of nitrogens with zero attached hydrogens (tertiary/aromatic N) is 2. The lowest BCUT2D eigenvalue weighted by molar-refractivity contribution is -0.122. The summed E-state index contributed by atoms with van der Waals surface area (Å²) >= 11 is 0. The molecular weight excluding hydrogens is 298 g/mol. The lowest BCUT2D eigenvalue weighted by Crippen LogP contribution is -2.35. The molecule has 2 aromatic carbocycles. The SMILES string of the molecule is CCCNC(=O)CN(C)Cc1ccc(-c2ccccc2C#N)cc1. The number of amides is 1. The number of carbonyl (C=O) groups is 1. The number of rotatable bonds is 7. The van der Waals surface area contributed by atoms with Crippen molar-refractivity contribution in [3.63, 3.8) is 0 Å². The second kappa shape index (κ2) is 8.85. The zero-order valence-corrected chi connectivity index (χ0v) is 14.2. The molecule has 0 fully saturated rings. The third-order valence-electron chi connectivity index (χ3n) is 3.75. The van der Waals surface area contributed by atoms with Crippen LogP contribution in [0.3, 0.4) is 0 Å². The smallest absolute Gasteiger partial charge is 0.234 e. The summed E-state index contributed by atoms with van der Waals surface area (Å²) in [5, 5.41) is 12.1. The van der Waals surface area contributed by atoms with E-state index in [0.717, 1.165) is 29.7 Å². The molecule has 0 saturated heterocycles. The molecule has 4 heteroatoms. The minimum absolute atomic E-state index is 0.0546. The molecule has 0 radical (unpaired) electrons. The number of benzene rings is 2. The van der Waals surface area contributed by atoms with Gasteiger partial charge in [0.15, 0.2) is 0 Å². The largest absolute Gasteiger partial charge is 0.355 e. The van der Waals surface area contributed by atoms with Crippen LogP contribution in [0.2, 0.25) is 0 Å². The molecule has 0 heterocycles. The van der Waals surface area contributed by atoms with E-state index in [0.29, 0.717) is 18.7 Å². The van der Waals surface area contributed by atoms with Gasteiger partial charge in [-0.3, -0.25) is 9.69 Å². The van der Waals surface area contributed by atoms with Crippen LogP contribution in [-0.2, 0) is 11.3 Å². The van der Waals surface area contributed by atoms with Crippen LogP contribution in [0.5, 0.6) is 0 Å². The minimum Gasteiger partial charge on any atom is -0.355 e. The van der Waals surface area contributed by atoms with Gasteiger partial charge in [-0.25, -0.2) is 0 Å². The fourth-order valence-electron chi connectivity index (χ4n) is 2.56. The van der Waals surface area contributed by atoms with E-state index in [9.17, 15) is 10.1 Å². The Kier molecular flexibility index (Phi) is 6.53. The summed E-state index contributed by atoms with van der Waals surface area (Å²) in [6, 6.07) is 18.0. The Hall–Kier alpha value is -2.64. The third kappa shape index (κ3) is 4.94. The number of carbonyl (C=O) groups excluding carboxylic acids is 1. The molecule has 0 aliphatic rings. The van der Waals surface area contributed by atoms with Gasteiger partial charge in [0.25, 0.3) is 0 Å². The van der Waals surface area contributed by atoms with Gasteiger partial charge in [-0.1, -0.05) is 49.4 Å². The molecule has 0 aromatic heterocycles. The van der Waals surface area contributed by atoms with E-state index in [1.165, 1.54) is 0 Å². The number of nitrogens with one attached hydrogen (secondary N) is 1. The Balaban J connectivity index is 2.00. The van der Waals surface area contributed by atoms with Gasteiger partial charge in [-0.2, -0.15) is 5.26 Å². The van der Waals surface area contributed by atoms with Crippen LogP contribution >= 0.6 is 0 Å². The normalized spacial score (nSPS) is 10.4. The van der Waals surface area contributed by atoms with Crippen molar-refractivity contribution >= 4 is 5.91 Å². The molecule has 0 spiro atoms. The molecule has 2 aromatic rings. The summed E-state index contributed by atoms with van der Waals surface area (Å²) in [4.78, 5) is 13.7. The quantitative estimate of drug-likeness (QED) is 0.852. The van der Waals surface area contributed by atoms with Gasteiger partial charge in [-0.15, -0.1) is 0 Å². The first-order chi connectivity index (χ1) is 11.6. The number of hydrogen-bond donors (Lipinski definition) is 1. The Morgan fingerprint density at radius 1 is 1.17 bits per heavy atom. The third-order valence-corrected chi connectivity index (χ3v) is 3.75. The molecule has 1 amide bonds. The van der Waals surface area contributed by atoms with Crippen molar-refractivity contribution in [2.45, 2.75) is 19.9 Å². The zero-order valence-electron chi connectivity index (χ0n) is 14.2. The highest BCUT2D eigenvalue weighted by Gasteiger charge is 2.08. The molecule has 0 unspecified atom stereocenters. The fraction of sp³-hybridized carbons (Fsp3) is 0.300. The van der Waals surface area contributed by atoms with Crippen LogP contribution in [0.4, 0.5) is 0 Å². The average Bonchev–Trinajstić information content (AvgIpc) is 2.60. The highest BCUT2D eigenvalue weighted by Crippen LogP contribution is 2.23. The van der Waals surface area contributed by atoms with Crippen LogP contribution in [0.1, 0.15) is 24.5 Å². The van der Waals surface area contributed by atoms with Crippen LogP contribution in [-0.4, -0.2) is 30.9 Å². The van der Waals surface area contributed by atoms with E-state index in [1.54, 1.807) is 0 Å². The van der Waals surface area contributed by atoms with Gasteiger partial charge in [0.1, 0.15) is 0 Å². The molecule has 4 nitrogen and oxygen atoms in total. The minimum atomic E-state index is 0.0546. The Bertz CT molecular complexity index is 716. The summed E-state index contributed by atoms with van der Waals surface area (Å²) < 4.78 is 0. The number of nitriles is 1. The van der Waals surface area contributed by atoms with Gasteiger partial charge < -0.3 is 5.32 Å². The highest BCUT2D eigenvalue weighted by atomic mass is 16.2. The molecule has 1 N–H and O–H groups in total. The van der Waals surface area contributed by atoms with Crippen molar-refractivity contribution < 1.29 is 4.79 Å². The van der Waals surface area contributed by atoms with E-state index in [4.69, 9.17) is 0 Å². The average molecular weight is 321 g/mol. The standard InChI is InChI=1S/C20H23N3O/c1-3-12-22-20(24)15-23(2)14-16-8-10-17(11-9-16)19-7-5-4-6-18(19)13-21/h4-11H,3,12,14-15H2,1-2H3,(H,22,24). The summed E-state index contributed by atoms with van der Waals surface area (Å²) in [7, 11) is 1.93. The van der Waals surface area contributed by atoms with Gasteiger partial charge in [0, 0.05) is 13.1 Å².